The van der Waals surface area contributed by atoms with Crippen molar-refractivity contribution in [1.29, 1.82) is 0 Å². The van der Waals surface area contributed by atoms with Gasteiger partial charge in [-0.2, -0.15) is 0 Å². The van der Waals surface area contributed by atoms with Gasteiger partial charge in [-0.15, -0.1) is 0 Å². The van der Waals surface area contributed by atoms with Crippen molar-refractivity contribution in [3.8, 4) is 11.5 Å². The van der Waals surface area contributed by atoms with Gasteiger partial charge < -0.3 is 25.0 Å². The fraction of sp³-hybridized carbons (Fsp3) is 0.588. The van der Waals surface area contributed by atoms with Gasteiger partial charge in [-0.05, 0) is 45.0 Å². The van der Waals surface area contributed by atoms with Crippen molar-refractivity contribution in [1.82, 2.24) is 10.2 Å². The number of benzene rings is 1. The molecule has 6 nitrogen and oxygen atoms in total. The molecule has 0 spiro atoms. The highest BCUT2D eigenvalue weighted by atomic mass is 16.5. The molecule has 0 heterocycles. The van der Waals surface area contributed by atoms with Crippen LogP contribution in [0.1, 0.15) is 12.8 Å². The predicted octanol–water partition coefficient (Wildman–Crippen LogP) is 2.03. The van der Waals surface area contributed by atoms with Gasteiger partial charge in [0.05, 0.1) is 14.2 Å². The number of methoxy groups -OCH3 is 2. The lowest BCUT2D eigenvalue weighted by molar-refractivity contribution is 0.264. The number of aliphatic imine (C=N–C) groups is 1. The number of hydrogen-bond donors (Lipinski definition) is 2. The third-order valence-electron chi connectivity index (χ3n) is 4.18. The zero-order valence-corrected chi connectivity index (χ0v) is 14.7. The minimum atomic E-state index is 0.541. The van der Waals surface area contributed by atoms with E-state index < -0.39 is 0 Å². The Morgan fingerprint density at radius 3 is 2.48 bits per heavy atom. The van der Waals surface area contributed by atoms with E-state index in [1.807, 2.05) is 18.2 Å². The van der Waals surface area contributed by atoms with Crippen LogP contribution in [0.15, 0.2) is 23.2 Å². The number of rotatable bonds is 7. The average molecular weight is 320 g/mol. The Morgan fingerprint density at radius 2 is 1.96 bits per heavy atom. The van der Waals surface area contributed by atoms with Gasteiger partial charge in [-0.1, -0.05) is 0 Å². The Morgan fingerprint density at radius 1 is 1.26 bits per heavy atom. The summed E-state index contributed by atoms with van der Waals surface area (Å²) in [7, 11) is 9.30. The summed E-state index contributed by atoms with van der Waals surface area (Å²) in [5.41, 5.74) is 0.906. The molecule has 1 atom stereocenters. The molecule has 0 aromatic heterocycles. The monoisotopic (exact) mass is 320 g/mol. The lowest BCUT2D eigenvalue weighted by Gasteiger charge is -2.25. The van der Waals surface area contributed by atoms with Crippen molar-refractivity contribution in [3.63, 3.8) is 0 Å². The lowest BCUT2D eigenvalue weighted by Crippen LogP contribution is -2.43. The highest BCUT2D eigenvalue weighted by molar-refractivity contribution is 5.93. The molecular formula is C17H28N4O2. The molecule has 1 aliphatic rings. The number of nitrogens with zero attached hydrogens (tertiary/aromatic N) is 2. The summed E-state index contributed by atoms with van der Waals surface area (Å²) < 4.78 is 10.6. The maximum atomic E-state index is 5.33. The molecule has 1 unspecified atom stereocenters. The van der Waals surface area contributed by atoms with Gasteiger partial charge in [0.2, 0.25) is 0 Å². The second-order valence-electron chi connectivity index (χ2n) is 6.02. The fourth-order valence-electron chi connectivity index (χ4n) is 2.68. The maximum absolute atomic E-state index is 5.33. The third-order valence-corrected chi connectivity index (χ3v) is 4.18. The minimum absolute atomic E-state index is 0.541. The molecule has 1 fully saturated rings. The molecule has 23 heavy (non-hydrogen) atoms. The molecule has 2 N–H and O–H groups in total. The molecule has 1 aromatic carbocycles. The van der Waals surface area contributed by atoms with Crippen molar-refractivity contribution in [2.45, 2.75) is 18.9 Å². The first kappa shape index (κ1) is 17.4. The topological polar surface area (TPSA) is 58.1 Å². The number of nitrogens with one attached hydrogen (secondary N) is 2. The Bertz CT molecular complexity index is 539. The Labute approximate surface area is 138 Å². The van der Waals surface area contributed by atoms with E-state index in [2.05, 4.69) is 34.6 Å². The van der Waals surface area contributed by atoms with Crippen molar-refractivity contribution < 1.29 is 9.47 Å². The van der Waals surface area contributed by atoms with Gasteiger partial charge in [0.25, 0.3) is 0 Å². The highest BCUT2D eigenvalue weighted by Gasteiger charge is 2.32. The summed E-state index contributed by atoms with van der Waals surface area (Å²) in [4.78, 5) is 6.58. The van der Waals surface area contributed by atoms with Crippen molar-refractivity contribution in [2.75, 3.05) is 47.2 Å². The number of likely N-dealkylation sites (N-methyl/N-ethyl adjacent to an activating group) is 1. The predicted molar refractivity (Wildman–Crippen MR) is 94.7 cm³/mol. The Balaban J connectivity index is 1.96. The van der Waals surface area contributed by atoms with E-state index >= 15 is 0 Å². The average Bonchev–Trinajstić information content (AvgIpc) is 3.38. The summed E-state index contributed by atoms with van der Waals surface area (Å²) in [6.45, 7) is 0.880. The molecule has 0 saturated heterocycles. The van der Waals surface area contributed by atoms with Crippen LogP contribution in [0.5, 0.6) is 11.5 Å². The van der Waals surface area contributed by atoms with E-state index in [0.717, 1.165) is 24.1 Å². The fourth-order valence-corrected chi connectivity index (χ4v) is 2.68. The van der Waals surface area contributed by atoms with E-state index in [4.69, 9.17) is 9.47 Å². The minimum Gasteiger partial charge on any atom is -0.493 e. The summed E-state index contributed by atoms with van der Waals surface area (Å²) in [6.07, 6.45) is 2.65. The van der Waals surface area contributed by atoms with Gasteiger partial charge in [-0.3, -0.25) is 4.99 Å². The Hall–Kier alpha value is -1.95. The first-order valence-corrected chi connectivity index (χ1v) is 7.95. The van der Waals surface area contributed by atoms with Gasteiger partial charge in [0.15, 0.2) is 17.5 Å². The van der Waals surface area contributed by atoms with Crippen LogP contribution in [0.2, 0.25) is 0 Å². The summed E-state index contributed by atoms with van der Waals surface area (Å²) in [6, 6.07) is 6.26. The van der Waals surface area contributed by atoms with E-state index in [0.29, 0.717) is 17.5 Å². The molecule has 0 radical (unpaired) electrons. The van der Waals surface area contributed by atoms with Crippen LogP contribution in [0.4, 0.5) is 5.69 Å². The largest absolute Gasteiger partial charge is 0.493 e. The van der Waals surface area contributed by atoms with Crippen LogP contribution in [0.3, 0.4) is 0 Å². The molecule has 0 amide bonds. The first-order valence-electron chi connectivity index (χ1n) is 7.95. The number of ether oxygens (including phenoxy) is 2. The molecule has 1 aliphatic carbocycles. The lowest BCUT2D eigenvalue weighted by atomic mass is 10.1. The van der Waals surface area contributed by atoms with Gasteiger partial charge in [-0.25, -0.2) is 0 Å². The molecule has 6 heteroatoms. The summed E-state index contributed by atoms with van der Waals surface area (Å²) >= 11 is 0. The van der Waals surface area contributed by atoms with Crippen LogP contribution in [0, 0.1) is 5.92 Å². The second kappa shape index (κ2) is 8.06. The second-order valence-corrected chi connectivity index (χ2v) is 6.02. The van der Waals surface area contributed by atoms with E-state index in [1.54, 1.807) is 21.3 Å². The number of hydrogen-bond acceptors (Lipinski definition) is 4. The third kappa shape index (κ3) is 4.76. The zero-order chi connectivity index (χ0) is 16.8. The molecule has 1 aromatic rings. The summed E-state index contributed by atoms with van der Waals surface area (Å²) in [5.74, 6) is 2.96. The maximum Gasteiger partial charge on any atom is 0.195 e. The molecular weight excluding hydrogens is 292 g/mol. The van der Waals surface area contributed by atoms with Crippen LogP contribution in [-0.2, 0) is 0 Å². The molecule has 1 saturated carbocycles. The van der Waals surface area contributed by atoms with Gasteiger partial charge in [0, 0.05) is 31.4 Å². The van der Waals surface area contributed by atoms with E-state index in [9.17, 15) is 0 Å². The molecule has 128 valence electrons. The quantitative estimate of drug-likeness (QED) is 0.595. The number of anilines is 1. The highest BCUT2D eigenvalue weighted by Crippen LogP contribution is 2.34. The van der Waals surface area contributed by atoms with Crippen LogP contribution in [0.25, 0.3) is 0 Å². The van der Waals surface area contributed by atoms with Gasteiger partial charge >= 0.3 is 0 Å². The van der Waals surface area contributed by atoms with E-state index in [1.165, 1.54) is 12.8 Å². The van der Waals surface area contributed by atoms with Crippen LogP contribution in [-0.4, -0.2) is 58.8 Å². The van der Waals surface area contributed by atoms with Crippen molar-refractivity contribution >= 4 is 11.6 Å². The Kier molecular flexibility index (Phi) is 6.10. The normalized spacial score (nSPS) is 16.2. The van der Waals surface area contributed by atoms with E-state index in [-0.39, 0.29) is 0 Å². The van der Waals surface area contributed by atoms with Crippen molar-refractivity contribution in [2.24, 2.45) is 10.9 Å². The zero-order valence-electron chi connectivity index (χ0n) is 14.7. The van der Waals surface area contributed by atoms with Gasteiger partial charge in [0.1, 0.15) is 0 Å². The molecule has 0 bridgehead atoms. The molecule has 2 rings (SSSR count). The summed E-state index contributed by atoms with van der Waals surface area (Å²) in [5, 5.41) is 6.71. The van der Waals surface area contributed by atoms with Crippen LogP contribution >= 0.6 is 0 Å². The number of guanidine groups is 1. The smallest absolute Gasteiger partial charge is 0.195 e. The van der Waals surface area contributed by atoms with Crippen molar-refractivity contribution in [3.05, 3.63) is 18.2 Å². The standard InChI is InChI=1S/C17H28N4O2/c1-18-17(19-11-14(21(2)3)12-6-7-12)20-13-8-9-15(22-4)16(10-13)23-5/h8-10,12,14H,6-7,11H2,1-5H3,(H2,18,19,20). The van der Waals surface area contributed by atoms with Crippen LogP contribution < -0.4 is 20.1 Å². The first-order chi connectivity index (χ1) is 11.1. The molecule has 0 aliphatic heterocycles. The SMILES string of the molecule is CN=C(NCC(C1CC1)N(C)C)Nc1ccc(OC)c(OC)c1.